The maximum absolute atomic E-state index is 14.1. The Labute approximate surface area is 280 Å². The second-order valence-corrected chi connectivity index (χ2v) is 12.2. The number of aromatic hydroxyl groups is 1. The lowest BCUT2D eigenvalue weighted by Gasteiger charge is -2.25. The van der Waals surface area contributed by atoms with Crippen LogP contribution in [0.4, 0.5) is 0 Å². The Morgan fingerprint density at radius 3 is 1.77 bits per heavy atom. The molecule has 1 heterocycles. The molecule has 1 fully saturated rings. The van der Waals surface area contributed by atoms with Crippen molar-refractivity contribution in [1.29, 1.82) is 0 Å². The molecule has 4 aromatic rings. The third kappa shape index (κ3) is 8.86. The van der Waals surface area contributed by atoms with Gasteiger partial charge in [-0.2, -0.15) is 0 Å². The minimum absolute atomic E-state index is 0.116. The van der Waals surface area contributed by atoms with Crippen LogP contribution in [-0.2, 0) is 38.4 Å². The quantitative estimate of drug-likeness (QED) is 0.149. The van der Waals surface area contributed by atoms with E-state index in [1.165, 1.54) is 0 Å². The zero-order chi connectivity index (χ0) is 34.0. The molecule has 0 bridgehead atoms. The van der Waals surface area contributed by atoms with Gasteiger partial charge in [-0.1, -0.05) is 103 Å². The maximum atomic E-state index is 14.1. The molecule has 5 atom stereocenters. The van der Waals surface area contributed by atoms with Gasteiger partial charge in [0.1, 0.15) is 17.8 Å². The highest BCUT2D eigenvalue weighted by Crippen LogP contribution is 2.33. The summed E-state index contributed by atoms with van der Waals surface area (Å²) in [6.07, 6.45) is 0.651. The fourth-order valence-corrected chi connectivity index (χ4v) is 6.18. The van der Waals surface area contributed by atoms with Gasteiger partial charge in [0.25, 0.3) is 0 Å². The Balaban J connectivity index is 1.35. The molecule has 10 nitrogen and oxygen atoms in total. The summed E-state index contributed by atoms with van der Waals surface area (Å²) >= 11 is 0. The Morgan fingerprint density at radius 1 is 0.688 bits per heavy atom. The predicted octanol–water partition coefficient (Wildman–Crippen LogP) is 2.44. The largest absolute Gasteiger partial charge is 0.508 e. The van der Waals surface area contributed by atoms with Crippen LogP contribution in [0.25, 0.3) is 0 Å². The van der Waals surface area contributed by atoms with Crippen molar-refractivity contribution in [1.82, 2.24) is 15.5 Å². The molecule has 0 unspecified atom stereocenters. The predicted molar refractivity (Wildman–Crippen MR) is 182 cm³/mol. The topological polar surface area (TPSA) is 168 Å². The summed E-state index contributed by atoms with van der Waals surface area (Å²) < 4.78 is 0. The van der Waals surface area contributed by atoms with Crippen LogP contribution in [0.2, 0.25) is 0 Å². The summed E-state index contributed by atoms with van der Waals surface area (Å²) in [4.78, 5) is 55.5. The minimum atomic E-state index is -1.02. The van der Waals surface area contributed by atoms with Crippen LogP contribution in [0, 0.1) is 5.92 Å². The molecule has 48 heavy (non-hydrogen) atoms. The van der Waals surface area contributed by atoms with E-state index in [1.54, 1.807) is 29.2 Å². The summed E-state index contributed by atoms with van der Waals surface area (Å²) in [6.45, 7) is 0.395. The van der Waals surface area contributed by atoms with Crippen molar-refractivity contribution in [2.45, 2.75) is 43.3 Å². The van der Waals surface area contributed by atoms with Crippen LogP contribution in [0.5, 0.6) is 5.75 Å². The Bertz CT molecular complexity index is 1690. The maximum Gasteiger partial charge on any atom is 0.243 e. The van der Waals surface area contributed by atoms with Crippen molar-refractivity contribution in [2.75, 3.05) is 13.1 Å². The highest BCUT2D eigenvalue weighted by Gasteiger charge is 2.42. The lowest BCUT2D eigenvalue weighted by atomic mass is 9.88. The number of nitrogens with zero attached hydrogens (tertiary/aromatic N) is 1. The van der Waals surface area contributed by atoms with Gasteiger partial charge in [0.05, 0.1) is 12.0 Å². The number of phenols is 1. The first-order valence-corrected chi connectivity index (χ1v) is 16.0. The van der Waals surface area contributed by atoms with Crippen LogP contribution in [0.15, 0.2) is 115 Å². The number of carbonyl (C=O) groups is 4. The summed E-state index contributed by atoms with van der Waals surface area (Å²) in [6, 6.07) is 31.7. The lowest BCUT2D eigenvalue weighted by molar-refractivity contribution is -0.133. The smallest absolute Gasteiger partial charge is 0.243 e. The highest BCUT2D eigenvalue weighted by molar-refractivity contribution is 5.93. The number of nitrogens with two attached hydrogens (primary N) is 2. The molecule has 0 aliphatic carbocycles. The van der Waals surface area contributed by atoms with Crippen molar-refractivity contribution in [3.63, 3.8) is 0 Å². The molecule has 5 rings (SSSR count). The molecule has 4 aromatic carbocycles. The number of amides is 4. The molecular formula is C38H41N5O5. The number of rotatable bonds is 13. The van der Waals surface area contributed by atoms with Gasteiger partial charge in [-0.15, -0.1) is 0 Å². The fraction of sp³-hybridized carbons (Fsp3) is 0.263. The number of likely N-dealkylation sites (tertiary alicyclic amines) is 1. The number of phenolic OH excluding ortho intramolecular Hbond substituents is 1. The third-order valence-corrected chi connectivity index (χ3v) is 8.76. The Kier molecular flexibility index (Phi) is 11.2. The third-order valence-electron chi connectivity index (χ3n) is 8.76. The van der Waals surface area contributed by atoms with E-state index in [4.69, 9.17) is 11.5 Å². The first-order valence-electron chi connectivity index (χ1n) is 16.0. The number of nitrogens with one attached hydrogen (secondary N) is 2. The molecule has 248 valence electrons. The Morgan fingerprint density at radius 2 is 1.21 bits per heavy atom. The monoisotopic (exact) mass is 647 g/mol. The lowest BCUT2D eigenvalue weighted by Crippen LogP contribution is -2.55. The van der Waals surface area contributed by atoms with Crippen LogP contribution in [0.1, 0.15) is 28.2 Å². The van der Waals surface area contributed by atoms with E-state index in [-0.39, 0.29) is 55.8 Å². The molecule has 10 heteroatoms. The molecule has 0 saturated carbocycles. The molecule has 7 N–H and O–H groups in total. The van der Waals surface area contributed by atoms with Gasteiger partial charge in [0.2, 0.25) is 23.6 Å². The fourth-order valence-electron chi connectivity index (χ4n) is 6.18. The van der Waals surface area contributed by atoms with E-state index >= 15 is 0 Å². The van der Waals surface area contributed by atoms with Crippen molar-refractivity contribution >= 4 is 23.6 Å². The minimum Gasteiger partial charge on any atom is -0.508 e. The molecular weight excluding hydrogens is 606 g/mol. The van der Waals surface area contributed by atoms with Crippen LogP contribution in [-0.4, -0.2) is 64.9 Å². The zero-order valence-electron chi connectivity index (χ0n) is 26.6. The molecule has 1 aliphatic heterocycles. The van der Waals surface area contributed by atoms with E-state index in [0.717, 1.165) is 22.3 Å². The molecule has 0 radical (unpaired) electrons. The zero-order valence-corrected chi connectivity index (χ0v) is 26.6. The van der Waals surface area contributed by atoms with Gasteiger partial charge < -0.3 is 32.1 Å². The summed E-state index contributed by atoms with van der Waals surface area (Å²) in [5, 5.41) is 15.3. The van der Waals surface area contributed by atoms with Gasteiger partial charge in [0, 0.05) is 31.8 Å². The standard InChI is InChI=1S/C38H41N5O5/c39-32(20-27-16-18-29(44)19-17-27)38(48)43-23-30(28-14-8-3-9-15-28)31(24-43)36(46)42-34(22-26-12-6-2-7-13-26)37(47)41-33(35(40)45)21-25-10-4-1-5-11-25/h1-19,30-34,44H,20-24,39H2,(H2,40,45)(H,41,47)(H,42,46)/t30-,31+,32-,33-,34-/m0/s1. The number of hydrogen-bond donors (Lipinski definition) is 5. The number of benzene rings is 4. The van der Waals surface area contributed by atoms with Gasteiger partial charge in [0.15, 0.2) is 0 Å². The first-order chi connectivity index (χ1) is 23.2. The Hall–Kier alpha value is -5.48. The number of hydrogen-bond acceptors (Lipinski definition) is 6. The number of primary amides is 1. The second kappa shape index (κ2) is 15.9. The summed E-state index contributed by atoms with van der Waals surface area (Å²) in [5.41, 5.74) is 15.4. The van der Waals surface area contributed by atoms with E-state index in [1.807, 2.05) is 91.0 Å². The van der Waals surface area contributed by atoms with E-state index < -0.39 is 35.9 Å². The molecule has 1 saturated heterocycles. The van der Waals surface area contributed by atoms with E-state index in [0.29, 0.717) is 0 Å². The van der Waals surface area contributed by atoms with E-state index in [2.05, 4.69) is 10.6 Å². The van der Waals surface area contributed by atoms with Crippen LogP contribution >= 0.6 is 0 Å². The van der Waals surface area contributed by atoms with Crippen molar-refractivity contribution < 1.29 is 24.3 Å². The average Bonchev–Trinajstić information content (AvgIpc) is 3.55. The highest BCUT2D eigenvalue weighted by atomic mass is 16.3. The number of carbonyl (C=O) groups excluding carboxylic acids is 4. The summed E-state index contributed by atoms with van der Waals surface area (Å²) in [7, 11) is 0. The van der Waals surface area contributed by atoms with Crippen molar-refractivity contribution in [3.8, 4) is 5.75 Å². The van der Waals surface area contributed by atoms with Gasteiger partial charge >= 0.3 is 0 Å². The molecule has 0 spiro atoms. The van der Waals surface area contributed by atoms with Crippen molar-refractivity contribution in [3.05, 3.63) is 138 Å². The normalized spacial score (nSPS) is 17.6. The van der Waals surface area contributed by atoms with Gasteiger partial charge in [-0.25, -0.2) is 0 Å². The summed E-state index contributed by atoms with van der Waals surface area (Å²) in [5.74, 6) is -2.78. The van der Waals surface area contributed by atoms with E-state index in [9.17, 15) is 24.3 Å². The molecule has 4 amide bonds. The first kappa shape index (κ1) is 33.9. The van der Waals surface area contributed by atoms with Gasteiger partial charge in [-0.05, 0) is 40.8 Å². The SMILES string of the molecule is NC(=O)[C@H](Cc1ccccc1)NC(=O)[C@H](Cc1ccccc1)NC(=O)[C@@H]1CN(C(=O)[C@@H](N)Cc2ccc(O)cc2)C[C@H]1c1ccccc1. The molecule has 1 aliphatic rings. The van der Waals surface area contributed by atoms with Crippen LogP contribution < -0.4 is 22.1 Å². The molecule has 0 aromatic heterocycles. The van der Waals surface area contributed by atoms with Crippen LogP contribution in [0.3, 0.4) is 0 Å². The second-order valence-electron chi connectivity index (χ2n) is 12.2. The van der Waals surface area contributed by atoms with Gasteiger partial charge in [-0.3, -0.25) is 19.2 Å². The average molecular weight is 648 g/mol. The van der Waals surface area contributed by atoms with Crippen molar-refractivity contribution in [2.24, 2.45) is 17.4 Å².